The second-order valence-electron chi connectivity index (χ2n) is 31.2. The lowest BCUT2D eigenvalue weighted by Crippen LogP contribution is -2.30. The van der Waals surface area contributed by atoms with E-state index < -0.39 is 97.5 Å². The van der Waals surface area contributed by atoms with Crippen LogP contribution in [0, 0.1) is 5.92 Å². The van der Waals surface area contributed by atoms with E-state index in [4.69, 9.17) is 37.0 Å². The van der Waals surface area contributed by atoms with Gasteiger partial charge in [0.2, 0.25) is 0 Å². The molecule has 624 valence electrons. The van der Waals surface area contributed by atoms with E-state index in [0.29, 0.717) is 25.7 Å². The van der Waals surface area contributed by atoms with Crippen LogP contribution in [-0.2, 0) is 65.4 Å². The molecule has 17 nitrogen and oxygen atoms in total. The number of phosphoric ester groups is 2. The first kappa shape index (κ1) is 103. The van der Waals surface area contributed by atoms with Gasteiger partial charge in [0.25, 0.3) is 0 Å². The highest BCUT2D eigenvalue weighted by molar-refractivity contribution is 7.47. The molecule has 0 rings (SSSR count). The van der Waals surface area contributed by atoms with E-state index in [1.165, 1.54) is 289 Å². The fourth-order valence-corrected chi connectivity index (χ4v) is 15.0. The predicted molar refractivity (Wildman–Crippen MR) is 432 cm³/mol. The van der Waals surface area contributed by atoms with Crippen molar-refractivity contribution in [2.45, 2.75) is 483 Å². The maximum Gasteiger partial charge on any atom is 0.472 e. The Labute approximate surface area is 645 Å². The Kier molecular flexibility index (Phi) is 77.3. The summed E-state index contributed by atoms with van der Waals surface area (Å²) in [5, 5.41) is 10.7. The van der Waals surface area contributed by atoms with Gasteiger partial charge < -0.3 is 33.8 Å². The van der Waals surface area contributed by atoms with Crippen LogP contribution in [0.25, 0.3) is 0 Å². The van der Waals surface area contributed by atoms with E-state index in [1.807, 2.05) is 0 Å². The van der Waals surface area contributed by atoms with E-state index in [2.05, 4.69) is 34.6 Å². The molecular formula is C86H168O17P2. The average molecular weight is 1540 g/mol. The van der Waals surface area contributed by atoms with E-state index in [-0.39, 0.29) is 25.7 Å². The highest BCUT2D eigenvalue weighted by Crippen LogP contribution is 2.45. The van der Waals surface area contributed by atoms with E-state index in [0.717, 1.165) is 95.8 Å². The van der Waals surface area contributed by atoms with Gasteiger partial charge in [0.05, 0.1) is 26.4 Å². The molecule has 0 aliphatic rings. The van der Waals surface area contributed by atoms with Gasteiger partial charge in [-0.1, -0.05) is 413 Å². The highest BCUT2D eigenvalue weighted by atomic mass is 31.2. The zero-order valence-electron chi connectivity index (χ0n) is 68.9. The summed E-state index contributed by atoms with van der Waals surface area (Å²) >= 11 is 0. The Hall–Kier alpha value is -1.94. The Bertz CT molecular complexity index is 2000. The smallest absolute Gasteiger partial charge is 0.462 e. The summed E-state index contributed by atoms with van der Waals surface area (Å²) in [6.07, 6.45) is 72.1. The Balaban J connectivity index is 5.22. The zero-order chi connectivity index (χ0) is 76.9. The maximum absolute atomic E-state index is 13.1. The number of hydrogen-bond donors (Lipinski definition) is 3. The summed E-state index contributed by atoms with van der Waals surface area (Å²) in [6, 6.07) is 0. The number of rotatable bonds is 86. The lowest BCUT2D eigenvalue weighted by atomic mass is 9.99. The third-order valence-electron chi connectivity index (χ3n) is 20.6. The molecule has 0 fully saturated rings. The van der Waals surface area contributed by atoms with Gasteiger partial charge in [-0.2, -0.15) is 0 Å². The average Bonchev–Trinajstić information content (AvgIpc) is 0.937. The number of unbranched alkanes of at least 4 members (excludes halogenated alkanes) is 57. The summed E-state index contributed by atoms with van der Waals surface area (Å²) in [6.45, 7) is 7.43. The molecule has 3 unspecified atom stereocenters. The molecule has 0 saturated carbocycles. The summed E-state index contributed by atoms with van der Waals surface area (Å²) < 4.78 is 68.9. The lowest BCUT2D eigenvalue weighted by Gasteiger charge is -2.21. The minimum Gasteiger partial charge on any atom is -0.462 e. The molecule has 19 heteroatoms. The molecule has 3 N–H and O–H groups in total. The molecule has 0 amide bonds. The van der Waals surface area contributed by atoms with Crippen LogP contribution in [0.2, 0.25) is 0 Å². The van der Waals surface area contributed by atoms with Gasteiger partial charge in [0.15, 0.2) is 12.2 Å². The van der Waals surface area contributed by atoms with Crippen LogP contribution in [0.5, 0.6) is 0 Å². The summed E-state index contributed by atoms with van der Waals surface area (Å²) in [7, 11) is -9.92. The monoisotopic (exact) mass is 1540 g/mol. The molecule has 0 heterocycles. The third kappa shape index (κ3) is 78.5. The normalized spacial score (nSPS) is 14.0. The summed E-state index contributed by atoms with van der Waals surface area (Å²) in [4.78, 5) is 73.2. The molecular weight excluding hydrogens is 1370 g/mol. The van der Waals surface area contributed by atoms with Crippen molar-refractivity contribution in [2.75, 3.05) is 39.6 Å². The number of aliphatic hydroxyl groups is 1. The van der Waals surface area contributed by atoms with Crippen molar-refractivity contribution in [3.8, 4) is 0 Å². The van der Waals surface area contributed by atoms with Crippen molar-refractivity contribution in [1.82, 2.24) is 0 Å². The number of ether oxygens (including phenoxy) is 4. The standard InChI is InChI=1S/C86H168O17P2/c1-6-10-13-16-19-22-25-27-29-30-34-38-41-45-50-55-60-65-70-84(89)97-76-82(103-86(91)72-67-62-57-52-47-43-39-35-32-31-33-37-40-44-48-53-58-63-68-79(5)9-4)78-101-105(94,95)99-74-80(87)73-98-104(92,93)100-77-81(75-96-83(88)69-64-59-54-49-24-21-18-15-12-8-3)102-85(90)71-66-61-56-51-46-42-36-28-26-23-20-17-14-11-7-2/h79-82,87H,6-78H2,1-5H3,(H,92,93)(H,94,95)/t79?,80-,81+,82+/m0/s1. The molecule has 0 saturated heterocycles. The van der Waals surface area contributed by atoms with Crippen LogP contribution in [-0.4, -0.2) is 96.7 Å². The van der Waals surface area contributed by atoms with Gasteiger partial charge in [-0.05, 0) is 31.6 Å². The zero-order valence-corrected chi connectivity index (χ0v) is 70.7. The third-order valence-corrected chi connectivity index (χ3v) is 22.5. The first-order valence-electron chi connectivity index (χ1n) is 44.7. The van der Waals surface area contributed by atoms with Crippen LogP contribution in [0.15, 0.2) is 0 Å². The molecule has 0 spiro atoms. The molecule has 0 aromatic carbocycles. The Morgan fingerprint density at radius 2 is 0.457 bits per heavy atom. The molecule has 0 aromatic heterocycles. The molecule has 105 heavy (non-hydrogen) atoms. The van der Waals surface area contributed by atoms with Crippen LogP contribution >= 0.6 is 15.6 Å². The van der Waals surface area contributed by atoms with Gasteiger partial charge in [-0.25, -0.2) is 9.13 Å². The van der Waals surface area contributed by atoms with Crippen LogP contribution < -0.4 is 0 Å². The van der Waals surface area contributed by atoms with Crippen molar-refractivity contribution < 1.29 is 80.2 Å². The second kappa shape index (κ2) is 78.7. The predicted octanol–water partition coefficient (Wildman–Crippen LogP) is 26.4. The molecule has 0 aromatic rings. The quantitative estimate of drug-likeness (QED) is 0.0222. The van der Waals surface area contributed by atoms with Crippen molar-refractivity contribution in [1.29, 1.82) is 0 Å². The molecule has 6 atom stereocenters. The maximum atomic E-state index is 13.1. The first-order chi connectivity index (χ1) is 51.1. The van der Waals surface area contributed by atoms with Gasteiger partial charge in [0.1, 0.15) is 19.3 Å². The van der Waals surface area contributed by atoms with Crippen molar-refractivity contribution >= 4 is 39.5 Å². The summed E-state index contributed by atoms with van der Waals surface area (Å²) in [5.74, 6) is -1.23. The molecule has 0 aliphatic carbocycles. The number of carbonyl (C=O) groups is 4. The largest absolute Gasteiger partial charge is 0.472 e. The Morgan fingerprint density at radius 3 is 0.676 bits per heavy atom. The first-order valence-corrected chi connectivity index (χ1v) is 47.7. The number of aliphatic hydroxyl groups excluding tert-OH is 1. The van der Waals surface area contributed by atoms with E-state index in [9.17, 15) is 43.2 Å². The van der Waals surface area contributed by atoms with Crippen molar-refractivity contribution in [2.24, 2.45) is 5.92 Å². The molecule has 0 radical (unpaired) electrons. The van der Waals surface area contributed by atoms with Crippen molar-refractivity contribution in [3.63, 3.8) is 0 Å². The molecule has 0 aliphatic heterocycles. The van der Waals surface area contributed by atoms with Gasteiger partial charge in [0, 0.05) is 25.7 Å². The van der Waals surface area contributed by atoms with Gasteiger partial charge >= 0.3 is 39.5 Å². The number of hydrogen-bond acceptors (Lipinski definition) is 15. The number of carbonyl (C=O) groups excluding carboxylic acids is 4. The highest BCUT2D eigenvalue weighted by Gasteiger charge is 2.30. The van der Waals surface area contributed by atoms with E-state index >= 15 is 0 Å². The minimum atomic E-state index is -4.97. The van der Waals surface area contributed by atoms with Crippen LogP contribution in [0.4, 0.5) is 0 Å². The molecule has 0 bridgehead atoms. The Morgan fingerprint density at radius 1 is 0.267 bits per heavy atom. The fourth-order valence-electron chi connectivity index (χ4n) is 13.4. The summed E-state index contributed by atoms with van der Waals surface area (Å²) in [5.41, 5.74) is 0. The SMILES string of the molecule is CCCCCCCCCCCCCCCCCCCCC(=O)OC[C@H](COP(=O)(O)OC[C@@H](O)COP(=O)(O)OC[C@@H](COC(=O)CCCCCCCCCCCC)OC(=O)CCCCCCCCCCCCCCCCC)OC(=O)CCCCCCCCCCCCCCCCCCCCC(C)CC. The van der Waals surface area contributed by atoms with Crippen molar-refractivity contribution in [3.05, 3.63) is 0 Å². The second-order valence-corrected chi connectivity index (χ2v) is 34.1. The topological polar surface area (TPSA) is 237 Å². The van der Waals surface area contributed by atoms with E-state index in [1.54, 1.807) is 0 Å². The van der Waals surface area contributed by atoms with Crippen LogP contribution in [0.1, 0.15) is 465 Å². The minimum absolute atomic E-state index is 0.109. The fraction of sp³-hybridized carbons (Fsp3) is 0.953. The lowest BCUT2D eigenvalue weighted by molar-refractivity contribution is -0.161. The number of phosphoric acid groups is 2. The van der Waals surface area contributed by atoms with Gasteiger partial charge in [-0.15, -0.1) is 0 Å². The van der Waals surface area contributed by atoms with Gasteiger partial charge in [-0.3, -0.25) is 37.3 Å². The number of esters is 4. The van der Waals surface area contributed by atoms with Crippen LogP contribution in [0.3, 0.4) is 0 Å².